The maximum Gasteiger partial charge on any atom is 0.137 e. The summed E-state index contributed by atoms with van der Waals surface area (Å²) in [5.41, 5.74) is 7.96. The summed E-state index contributed by atoms with van der Waals surface area (Å²) in [6, 6.07) is 7.43. The van der Waals surface area contributed by atoms with Crippen molar-refractivity contribution < 1.29 is 5.11 Å². The summed E-state index contributed by atoms with van der Waals surface area (Å²) in [4.78, 5) is 7.12. The zero-order valence-electron chi connectivity index (χ0n) is 7.57. The minimum Gasteiger partial charge on any atom is -0.399 e. The van der Waals surface area contributed by atoms with E-state index in [1.165, 1.54) is 0 Å². The average Bonchev–Trinajstić information content (AvgIpc) is 2.66. The number of benzene rings is 1. The number of nitrogens with one attached hydrogen (secondary N) is 1. The number of nitrogens with two attached hydrogens (primary N) is 1. The van der Waals surface area contributed by atoms with Crippen molar-refractivity contribution in [3.63, 3.8) is 0 Å². The molecule has 1 aromatic heterocycles. The van der Waals surface area contributed by atoms with Crippen molar-refractivity contribution in [3.05, 3.63) is 36.2 Å². The number of aromatic amines is 1. The molecule has 1 aromatic carbocycles. The number of hydrogen-bond donors (Lipinski definition) is 3. The summed E-state index contributed by atoms with van der Waals surface area (Å²) in [7, 11) is 0. The molecule has 0 saturated heterocycles. The highest BCUT2D eigenvalue weighted by Gasteiger charge is 2.02. The van der Waals surface area contributed by atoms with Crippen molar-refractivity contribution in [2.45, 2.75) is 6.61 Å². The molecule has 0 bridgehead atoms. The standard InChI is InChI=1S/C10H11N3O/c11-8-3-1-2-7(4-8)10-12-5-9(6-14)13-10/h1-5,14H,6,11H2,(H,12,13). The van der Waals surface area contributed by atoms with Gasteiger partial charge in [-0.1, -0.05) is 12.1 Å². The van der Waals surface area contributed by atoms with Crippen LogP contribution in [0.5, 0.6) is 0 Å². The minimum atomic E-state index is -0.0324. The van der Waals surface area contributed by atoms with E-state index in [9.17, 15) is 0 Å². The third-order valence-corrected chi connectivity index (χ3v) is 1.96. The lowest BCUT2D eigenvalue weighted by molar-refractivity contribution is 0.277. The Morgan fingerprint density at radius 2 is 2.29 bits per heavy atom. The van der Waals surface area contributed by atoms with Crippen LogP contribution in [0.25, 0.3) is 11.4 Å². The summed E-state index contributed by atoms with van der Waals surface area (Å²) in [5, 5.41) is 8.86. The van der Waals surface area contributed by atoms with Crippen LogP contribution in [-0.4, -0.2) is 15.1 Å². The molecule has 0 spiro atoms. The number of anilines is 1. The van der Waals surface area contributed by atoms with Crippen LogP contribution in [0, 0.1) is 0 Å². The number of hydrogen-bond acceptors (Lipinski definition) is 3. The van der Waals surface area contributed by atoms with Crippen LogP contribution in [0.4, 0.5) is 5.69 Å². The quantitative estimate of drug-likeness (QED) is 0.620. The molecule has 0 amide bonds. The molecule has 0 fully saturated rings. The van der Waals surface area contributed by atoms with Gasteiger partial charge in [-0.25, -0.2) is 4.98 Å². The highest BCUT2D eigenvalue weighted by molar-refractivity contribution is 5.61. The molecule has 0 aliphatic heterocycles. The Morgan fingerprint density at radius 3 is 2.93 bits per heavy atom. The number of nitrogen functional groups attached to an aromatic ring is 1. The summed E-state index contributed by atoms with van der Waals surface area (Å²) in [6.07, 6.45) is 1.61. The first-order valence-electron chi connectivity index (χ1n) is 4.30. The van der Waals surface area contributed by atoms with Crippen molar-refractivity contribution in [3.8, 4) is 11.4 Å². The molecule has 0 aliphatic rings. The second-order valence-electron chi connectivity index (χ2n) is 3.04. The molecule has 14 heavy (non-hydrogen) atoms. The third kappa shape index (κ3) is 1.60. The van der Waals surface area contributed by atoms with Gasteiger partial charge in [0.05, 0.1) is 18.5 Å². The molecule has 4 heteroatoms. The van der Waals surface area contributed by atoms with E-state index in [-0.39, 0.29) is 6.61 Å². The number of aliphatic hydroxyl groups excluding tert-OH is 1. The summed E-state index contributed by atoms with van der Waals surface area (Å²) in [6.45, 7) is -0.0324. The van der Waals surface area contributed by atoms with Crippen molar-refractivity contribution >= 4 is 5.69 Å². The molecule has 0 saturated carbocycles. The van der Waals surface area contributed by atoms with E-state index >= 15 is 0 Å². The van der Waals surface area contributed by atoms with Crippen LogP contribution in [0.3, 0.4) is 0 Å². The second kappa shape index (κ2) is 3.51. The first-order valence-corrected chi connectivity index (χ1v) is 4.30. The molecule has 72 valence electrons. The number of rotatable bonds is 2. The highest BCUT2D eigenvalue weighted by Crippen LogP contribution is 2.17. The Labute approximate surface area is 81.4 Å². The Hall–Kier alpha value is -1.81. The molecule has 1 heterocycles. The topological polar surface area (TPSA) is 74.9 Å². The molecule has 0 atom stereocenters. The monoisotopic (exact) mass is 189 g/mol. The predicted octanol–water partition coefficient (Wildman–Crippen LogP) is 1.15. The number of nitrogens with zero attached hydrogens (tertiary/aromatic N) is 1. The number of imidazole rings is 1. The molecule has 4 nitrogen and oxygen atoms in total. The first-order chi connectivity index (χ1) is 6.79. The third-order valence-electron chi connectivity index (χ3n) is 1.96. The zero-order valence-corrected chi connectivity index (χ0v) is 7.57. The van der Waals surface area contributed by atoms with Gasteiger partial charge in [0.1, 0.15) is 5.82 Å². The average molecular weight is 189 g/mol. The van der Waals surface area contributed by atoms with E-state index in [4.69, 9.17) is 10.8 Å². The lowest BCUT2D eigenvalue weighted by Gasteiger charge is -1.97. The predicted molar refractivity (Wildman–Crippen MR) is 54.4 cm³/mol. The van der Waals surface area contributed by atoms with Crippen LogP contribution in [0.15, 0.2) is 30.5 Å². The fraction of sp³-hybridized carbons (Fsp3) is 0.100. The van der Waals surface area contributed by atoms with Gasteiger partial charge in [-0.3, -0.25) is 0 Å². The minimum absolute atomic E-state index is 0.0324. The Bertz CT molecular complexity index is 436. The first kappa shape index (κ1) is 8.77. The number of aromatic nitrogens is 2. The fourth-order valence-corrected chi connectivity index (χ4v) is 1.27. The van der Waals surface area contributed by atoms with E-state index in [0.29, 0.717) is 11.4 Å². The normalized spacial score (nSPS) is 10.4. The highest BCUT2D eigenvalue weighted by atomic mass is 16.3. The van der Waals surface area contributed by atoms with Gasteiger partial charge < -0.3 is 15.8 Å². The molecule has 0 unspecified atom stereocenters. The SMILES string of the molecule is Nc1cccc(-c2ncc(CO)[nH]2)c1. The van der Waals surface area contributed by atoms with Gasteiger partial charge in [-0.05, 0) is 12.1 Å². The van der Waals surface area contributed by atoms with Gasteiger partial charge in [-0.15, -0.1) is 0 Å². The molecule has 0 radical (unpaired) electrons. The van der Waals surface area contributed by atoms with Crippen LogP contribution in [-0.2, 0) is 6.61 Å². The van der Waals surface area contributed by atoms with Crippen molar-refractivity contribution in [1.29, 1.82) is 0 Å². The van der Waals surface area contributed by atoms with E-state index < -0.39 is 0 Å². The summed E-state index contributed by atoms with van der Waals surface area (Å²) < 4.78 is 0. The second-order valence-corrected chi connectivity index (χ2v) is 3.04. The Kier molecular flexibility index (Phi) is 2.20. The largest absolute Gasteiger partial charge is 0.399 e. The molecule has 2 aromatic rings. The summed E-state index contributed by atoms with van der Waals surface area (Å²) >= 11 is 0. The van der Waals surface area contributed by atoms with Gasteiger partial charge in [-0.2, -0.15) is 0 Å². The lowest BCUT2D eigenvalue weighted by Crippen LogP contribution is -1.87. The Morgan fingerprint density at radius 1 is 1.43 bits per heavy atom. The Balaban J connectivity index is 2.39. The van der Waals surface area contributed by atoms with Crippen LogP contribution in [0.2, 0.25) is 0 Å². The van der Waals surface area contributed by atoms with Gasteiger partial charge in [0.25, 0.3) is 0 Å². The van der Waals surface area contributed by atoms with E-state index in [0.717, 1.165) is 11.4 Å². The molecule has 4 N–H and O–H groups in total. The van der Waals surface area contributed by atoms with Gasteiger partial charge in [0.2, 0.25) is 0 Å². The lowest BCUT2D eigenvalue weighted by atomic mass is 10.2. The fourth-order valence-electron chi connectivity index (χ4n) is 1.27. The maximum atomic E-state index is 8.86. The molecule has 2 rings (SSSR count). The van der Waals surface area contributed by atoms with Crippen LogP contribution < -0.4 is 5.73 Å². The molecule has 0 aliphatic carbocycles. The molecular formula is C10H11N3O. The van der Waals surface area contributed by atoms with E-state index in [2.05, 4.69) is 9.97 Å². The zero-order chi connectivity index (χ0) is 9.97. The van der Waals surface area contributed by atoms with Crippen molar-refractivity contribution in [1.82, 2.24) is 9.97 Å². The van der Waals surface area contributed by atoms with E-state index in [1.807, 2.05) is 24.3 Å². The van der Waals surface area contributed by atoms with Gasteiger partial charge in [0.15, 0.2) is 0 Å². The number of H-pyrrole nitrogens is 1. The number of aliphatic hydroxyl groups is 1. The maximum absolute atomic E-state index is 8.86. The van der Waals surface area contributed by atoms with E-state index in [1.54, 1.807) is 6.20 Å². The van der Waals surface area contributed by atoms with Crippen LogP contribution >= 0.6 is 0 Å². The smallest absolute Gasteiger partial charge is 0.137 e. The molecular weight excluding hydrogens is 178 g/mol. The van der Waals surface area contributed by atoms with Gasteiger partial charge >= 0.3 is 0 Å². The summed E-state index contributed by atoms with van der Waals surface area (Å²) in [5.74, 6) is 0.723. The van der Waals surface area contributed by atoms with Crippen molar-refractivity contribution in [2.75, 3.05) is 5.73 Å². The van der Waals surface area contributed by atoms with Crippen molar-refractivity contribution in [2.24, 2.45) is 0 Å². The van der Waals surface area contributed by atoms with Gasteiger partial charge in [0, 0.05) is 11.3 Å². The van der Waals surface area contributed by atoms with Crippen LogP contribution in [0.1, 0.15) is 5.69 Å².